The van der Waals surface area contributed by atoms with Crippen LogP contribution in [0.1, 0.15) is 11.1 Å². The summed E-state index contributed by atoms with van der Waals surface area (Å²) in [6.45, 7) is 0.396. The van der Waals surface area contributed by atoms with E-state index in [1.54, 1.807) is 25.2 Å². The normalized spacial score (nSPS) is 14.7. The Morgan fingerprint density at radius 2 is 1.80 bits per heavy atom. The van der Waals surface area contributed by atoms with E-state index < -0.39 is 5.91 Å². The summed E-state index contributed by atoms with van der Waals surface area (Å²) in [6.07, 6.45) is 0.658. The van der Waals surface area contributed by atoms with Gasteiger partial charge in [0.1, 0.15) is 11.6 Å². The second-order valence-electron chi connectivity index (χ2n) is 5.73. The average Bonchev–Trinajstić information content (AvgIpc) is 2.89. The molecule has 2 aromatic carbocycles. The molecular formula is C20H17N3O2. The lowest BCUT2D eigenvalue weighted by Crippen LogP contribution is -2.29. The number of hydrogen-bond acceptors (Lipinski definition) is 3. The summed E-state index contributed by atoms with van der Waals surface area (Å²) in [5.74, 6) is -0.858. The maximum Gasteiger partial charge on any atom is 0.262 e. The van der Waals surface area contributed by atoms with Crippen LogP contribution in [0.3, 0.4) is 0 Å². The predicted molar refractivity (Wildman–Crippen MR) is 95.5 cm³/mol. The predicted octanol–water partition coefficient (Wildman–Crippen LogP) is 2.30. The number of nitrogens with one attached hydrogen (secondary N) is 1. The Labute approximate surface area is 146 Å². The molecule has 124 valence electrons. The van der Waals surface area contributed by atoms with E-state index in [1.807, 2.05) is 42.5 Å². The molecule has 5 nitrogen and oxygen atoms in total. The van der Waals surface area contributed by atoms with Gasteiger partial charge in [0.05, 0.1) is 11.3 Å². The van der Waals surface area contributed by atoms with E-state index in [4.69, 9.17) is 0 Å². The van der Waals surface area contributed by atoms with Crippen molar-refractivity contribution >= 4 is 23.1 Å². The van der Waals surface area contributed by atoms with Crippen molar-refractivity contribution in [1.82, 2.24) is 5.32 Å². The number of likely N-dealkylation sites (N-methyl/N-ethyl adjacent to an activating group) is 1. The zero-order chi connectivity index (χ0) is 17.8. The Morgan fingerprint density at radius 3 is 2.52 bits per heavy atom. The van der Waals surface area contributed by atoms with Crippen molar-refractivity contribution in [3.8, 4) is 6.07 Å². The van der Waals surface area contributed by atoms with Gasteiger partial charge >= 0.3 is 0 Å². The van der Waals surface area contributed by atoms with Crippen LogP contribution in [0, 0.1) is 11.3 Å². The highest BCUT2D eigenvalue weighted by atomic mass is 16.2. The Kier molecular flexibility index (Phi) is 4.62. The molecule has 0 fully saturated rings. The average molecular weight is 331 g/mol. The molecular weight excluding hydrogens is 314 g/mol. The second-order valence-corrected chi connectivity index (χ2v) is 5.73. The van der Waals surface area contributed by atoms with Crippen LogP contribution in [0.5, 0.6) is 0 Å². The lowest BCUT2D eigenvalue weighted by Gasteiger charge is -2.08. The number of hydrogen-bond donors (Lipinski definition) is 1. The van der Waals surface area contributed by atoms with E-state index in [9.17, 15) is 14.9 Å². The van der Waals surface area contributed by atoms with Crippen molar-refractivity contribution in [1.29, 1.82) is 5.26 Å². The molecule has 0 atom stereocenters. The Hall–Kier alpha value is -3.39. The fourth-order valence-electron chi connectivity index (χ4n) is 2.89. The van der Waals surface area contributed by atoms with Gasteiger partial charge in [-0.3, -0.25) is 9.59 Å². The minimum atomic E-state index is -0.521. The molecule has 0 unspecified atom stereocenters. The fraction of sp³-hybridized carbons (Fsp3) is 0.150. The number of carbonyl (C=O) groups excluding carboxylic acids is 2. The number of para-hydroxylation sites is 1. The number of amides is 2. The minimum Gasteiger partial charge on any atom is -0.351 e. The number of carbonyl (C=O) groups is 2. The number of anilines is 1. The van der Waals surface area contributed by atoms with Crippen molar-refractivity contribution in [2.45, 2.75) is 6.42 Å². The number of rotatable bonds is 4. The summed E-state index contributed by atoms with van der Waals surface area (Å²) in [4.78, 5) is 26.4. The molecule has 2 amide bonds. The summed E-state index contributed by atoms with van der Waals surface area (Å²) in [5, 5.41) is 12.2. The van der Waals surface area contributed by atoms with Gasteiger partial charge in [0, 0.05) is 19.2 Å². The van der Waals surface area contributed by atoms with E-state index in [1.165, 1.54) is 4.90 Å². The second kappa shape index (κ2) is 7.02. The largest absolute Gasteiger partial charge is 0.351 e. The smallest absolute Gasteiger partial charge is 0.262 e. The third-order valence-electron chi connectivity index (χ3n) is 4.18. The molecule has 3 rings (SSSR count). The maximum absolute atomic E-state index is 12.5. The van der Waals surface area contributed by atoms with Crippen LogP contribution in [0.4, 0.5) is 5.69 Å². The van der Waals surface area contributed by atoms with Crippen molar-refractivity contribution in [3.05, 3.63) is 71.3 Å². The molecule has 0 aliphatic carbocycles. The molecule has 2 aromatic rings. The van der Waals surface area contributed by atoms with Gasteiger partial charge in [0.25, 0.3) is 11.8 Å². The topological polar surface area (TPSA) is 73.2 Å². The molecule has 0 saturated carbocycles. The Balaban J connectivity index is 1.82. The summed E-state index contributed by atoms with van der Waals surface area (Å²) in [5.41, 5.74) is 2.43. The molecule has 1 aliphatic heterocycles. The van der Waals surface area contributed by atoms with Gasteiger partial charge in [0.15, 0.2) is 0 Å². The highest BCUT2D eigenvalue weighted by Gasteiger charge is 2.34. The SMILES string of the molecule is CN1C(=O)C(=C(C#N)C(=O)NCCc2ccccc2)c2ccccc21. The standard InChI is InChI=1S/C20H17N3O2/c1-23-17-10-6-5-9-15(17)18(20(23)25)16(13-21)19(24)22-12-11-14-7-3-2-4-8-14/h2-10H,11-12H2,1H3,(H,22,24). The van der Waals surface area contributed by atoms with Crippen LogP contribution in [0.2, 0.25) is 0 Å². The number of nitriles is 1. The van der Waals surface area contributed by atoms with Crippen molar-refractivity contribution in [2.24, 2.45) is 0 Å². The molecule has 5 heteroatoms. The summed E-state index contributed by atoms with van der Waals surface area (Å²) < 4.78 is 0. The maximum atomic E-state index is 12.5. The number of benzene rings is 2. The van der Waals surface area contributed by atoms with E-state index in [0.717, 1.165) is 5.56 Å². The summed E-state index contributed by atoms with van der Waals surface area (Å²) in [7, 11) is 1.64. The first kappa shape index (κ1) is 16.5. The Bertz CT molecular complexity index is 895. The highest BCUT2D eigenvalue weighted by Crippen LogP contribution is 2.37. The van der Waals surface area contributed by atoms with Gasteiger partial charge in [-0.25, -0.2) is 0 Å². The van der Waals surface area contributed by atoms with Crippen molar-refractivity contribution < 1.29 is 9.59 Å². The van der Waals surface area contributed by atoms with Crippen molar-refractivity contribution in [2.75, 3.05) is 18.5 Å². The first-order chi connectivity index (χ1) is 12.1. The molecule has 0 spiro atoms. The van der Waals surface area contributed by atoms with Crippen molar-refractivity contribution in [3.63, 3.8) is 0 Å². The molecule has 0 radical (unpaired) electrons. The van der Waals surface area contributed by atoms with E-state index in [-0.39, 0.29) is 17.1 Å². The molecule has 1 heterocycles. The van der Waals surface area contributed by atoms with Gasteiger partial charge in [0.2, 0.25) is 0 Å². The number of nitrogens with zero attached hydrogens (tertiary/aromatic N) is 2. The first-order valence-corrected chi connectivity index (χ1v) is 7.97. The lowest BCUT2D eigenvalue weighted by molar-refractivity contribution is -0.117. The van der Waals surface area contributed by atoms with E-state index in [2.05, 4.69) is 5.32 Å². The van der Waals surface area contributed by atoms with Crippen LogP contribution >= 0.6 is 0 Å². The van der Waals surface area contributed by atoms with Crippen LogP contribution in [0.15, 0.2) is 60.2 Å². The van der Waals surface area contributed by atoms with E-state index >= 15 is 0 Å². The van der Waals surface area contributed by atoms with Crippen LogP contribution < -0.4 is 10.2 Å². The fourth-order valence-corrected chi connectivity index (χ4v) is 2.89. The van der Waals surface area contributed by atoms with Gasteiger partial charge in [-0.2, -0.15) is 5.26 Å². The van der Waals surface area contributed by atoms with Gasteiger partial charge < -0.3 is 10.2 Å². The number of fused-ring (bicyclic) bond motifs is 1. The molecule has 25 heavy (non-hydrogen) atoms. The molecule has 1 aliphatic rings. The molecule has 0 aromatic heterocycles. The van der Waals surface area contributed by atoms with E-state index in [0.29, 0.717) is 24.2 Å². The van der Waals surface area contributed by atoms with Crippen LogP contribution in [-0.4, -0.2) is 25.4 Å². The van der Waals surface area contributed by atoms with Gasteiger partial charge in [-0.05, 0) is 18.1 Å². The zero-order valence-electron chi connectivity index (χ0n) is 13.8. The highest BCUT2D eigenvalue weighted by molar-refractivity contribution is 6.36. The molecule has 0 saturated heterocycles. The van der Waals surface area contributed by atoms with Gasteiger partial charge in [-0.15, -0.1) is 0 Å². The minimum absolute atomic E-state index is 0.144. The monoisotopic (exact) mass is 331 g/mol. The third-order valence-corrected chi connectivity index (χ3v) is 4.18. The molecule has 0 bridgehead atoms. The van der Waals surface area contributed by atoms with Crippen LogP contribution in [-0.2, 0) is 16.0 Å². The van der Waals surface area contributed by atoms with Crippen LogP contribution in [0.25, 0.3) is 5.57 Å². The lowest BCUT2D eigenvalue weighted by atomic mass is 10.0. The first-order valence-electron chi connectivity index (χ1n) is 7.97. The molecule has 1 N–H and O–H groups in total. The Morgan fingerprint density at radius 1 is 1.12 bits per heavy atom. The van der Waals surface area contributed by atoms with Gasteiger partial charge in [-0.1, -0.05) is 48.5 Å². The quantitative estimate of drug-likeness (QED) is 0.690. The third kappa shape index (κ3) is 3.15. The summed E-state index contributed by atoms with van der Waals surface area (Å²) >= 11 is 0. The zero-order valence-corrected chi connectivity index (χ0v) is 13.8. The summed E-state index contributed by atoms with van der Waals surface area (Å²) in [6, 6.07) is 18.8.